The lowest BCUT2D eigenvalue weighted by Crippen LogP contribution is -2.52. The Morgan fingerprint density at radius 1 is 1.24 bits per heavy atom. The van der Waals surface area contributed by atoms with E-state index in [2.05, 4.69) is 0 Å². The van der Waals surface area contributed by atoms with Gasteiger partial charge in [-0.2, -0.15) is 0 Å². The van der Waals surface area contributed by atoms with Crippen molar-refractivity contribution in [2.45, 2.75) is 66.0 Å². The minimum atomic E-state index is -0.730. The second kappa shape index (κ2) is 7.25. The number of hydrogen-bond donors (Lipinski definition) is 1. The van der Waals surface area contributed by atoms with Crippen molar-refractivity contribution in [3.05, 3.63) is 0 Å². The third-order valence-electron chi connectivity index (χ3n) is 4.55. The maximum Gasteiger partial charge on any atom is 0.310 e. The summed E-state index contributed by atoms with van der Waals surface area (Å²) in [6, 6.07) is 0.329. The highest BCUT2D eigenvalue weighted by molar-refractivity contribution is 5.79. The molecule has 0 aromatic rings. The zero-order valence-corrected chi connectivity index (χ0v) is 14.1. The molecule has 1 saturated heterocycles. The van der Waals surface area contributed by atoms with E-state index in [0.29, 0.717) is 25.9 Å². The molecule has 122 valence electrons. The third kappa shape index (κ3) is 4.19. The second-order valence-corrected chi connectivity index (χ2v) is 6.74. The molecule has 1 unspecified atom stereocenters. The van der Waals surface area contributed by atoms with Crippen molar-refractivity contribution in [2.24, 2.45) is 5.41 Å². The molecule has 0 spiro atoms. The van der Waals surface area contributed by atoms with E-state index in [1.165, 1.54) is 0 Å². The summed E-state index contributed by atoms with van der Waals surface area (Å²) in [6.45, 7) is 11.6. The minimum Gasteiger partial charge on any atom is -0.481 e. The highest BCUT2D eigenvalue weighted by atomic mass is 16.4. The van der Waals surface area contributed by atoms with Crippen LogP contribution in [-0.2, 0) is 9.59 Å². The van der Waals surface area contributed by atoms with E-state index in [1.54, 1.807) is 0 Å². The quantitative estimate of drug-likeness (QED) is 0.816. The van der Waals surface area contributed by atoms with Gasteiger partial charge in [-0.05, 0) is 53.5 Å². The van der Waals surface area contributed by atoms with E-state index < -0.39 is 11.4 Å². The Morgan fingerprint density at radius 3 is 2.24 bits per heavy atom. The lowest BCUT2D eigenvalue weighted by atomic mass is 9.77. The van der Waals surface area contributed by atoms with Crippen LogP contribution < -0.4 is 0 Å². The summed E-state index contributed by atoms with van der Waals surface area (Å²) in [4.78, 5) is 28.0. The zero-order chi connectivity index (χ0) is 16.2. The average molecular weight is 298 g/mol. The number of likely N-dealkylation sites (tertiary alicyclic amines) is 1. The fourth-order valence-corrected chi connectivity index (χ4v) is 3.42. The van der Waals surface area contributed by atoms with E-state index in [4.69, 9.17) is 0 Å². The van der Waals surface area contributed by atoms with Crippen LogP contribution in [0.15, 0.2) is 0 Å². The van der Waals surface area contributed by atoms with Crippen LogP contribution in [0.5, 0.6) is 0 Å². The number of aliphatic carboxylic acids is 1. The SMILES string of the molecule is CCC1(C(=O)O)CCCN(CC(=O)N(C(C)C)C(C)C)C1. The van der Waals surface area contributed by atoms with Gasteiger partial charge in [0.05, 0.1) is 12.0 Å². The van der Waals surface area contributed by atoms with E-state index in [0.717, 1.165) is 13.0 Å². The molecule has 1 heterocycles. The molecular weight excluding hydrogens is 268 g/mol. The van der Waals surface area contributed by atoms with Gasteiger partial charge < -0.3 is 10.0 Å². The van der Waals surface area contributed by atoms with Gasteiger partial charge in [-0.15, -0.1) is 0 Å². The second-order valence-electron chi connectivity index (χ2n) is 6.74. The smallest absolute Gasteiger partial charge is 0.310 e. The summed E-state index contributed by atoms with van der Waals surface area (Å²) >= 11 is 0. The average Bonchev–Trinajstić information content (AvgIpc) is 2.37. The summed E-state index contributed by atoms with van der Waals surface area (Å²) in [6.07, 6.45) is 2.17. The predicted molar refractivity (Wildman–Crippen MR) is 83.2 cm³/mol. The molecule has 1 N–H and O–H groups in total. The number of carbonyl (C=O) groups is 2. The first kappa shape index (κ1) is 18.0. The molecular formula is C16H30N2O3. The molecule has 0 aromatic carbocycles. The Kier molecular flexibility index (Phi) is 6.20. The van der Waals surface area contributed by atoms with Gasteiger partial charge in [0.1, 0.15) is 0 Å². The highest BCUT2D eigenvalue weighted by Gasteiger charge is 2.41. The molecule has 21 heavy (non-hydrogen) atoms. The van der Waals surface area contributed by atoms with Crippen molar-refractivity contribution < 1.29 is 14.7 Å². The maximum absolute atomic E-state index is 12.5. The number of carboxylic acid groups (broad SMARTS) is 1. The fraction of sp³-hybridized carbons (Fsp3) is 0.875. The van der Waals surface area contributed by atoms with Crippen LogP contribution >= 0.6 is 0 Å². The molecule has 1 aliphatic heterocycles. The van der Waals surface area contributed by atoms with Gasteiger partial charge in [0, 0.05) is 18.6 Å². The number of piperidine rings is 1. The molecule has 1 atom stereocenters. The molecule has 0 radical (unpaired) electrons. The molecule has 0 aromatic heterocycles. The van der Waals surface area contributed by atoms with E-state index in [9.17, 15) is 14.7 Å². The summed E-state index contributed by atoms with van der Waals surface area (Å²) in [5, 5.41) is 9.50. The van der Waals surface area contributed by atoms with E-state index in [-0.39, 0.29) is 18.0 Å². The van der Waals surface area contributed by atoms with Crippen molar-refractivity contribution >= 4 is 11.9 Å². The Morgan fingerprint density at radius 2 is 1.81 bits per heavy atom. The molecule has 1 fully saturated rings. The molecule has 0 aliphatic carbocycles. The predicted octanol–water partition coefficient (Wildman–Crippen LogP) is 2.21. The zero-order valence-electron chi connectivity index (χ0n) is 14.1. The monoisotopic (exact) mass is 298 g/mol. The van der Waals surface area contributed by atoms with Crippen LogP contribution in [0.2, 0.25) is 0 Å². The highest BCUT2D eigenvalue weighted by Crippen LogP contribution is 2.33. The van der Waals surface area contributed by atoms with Crippen LogP contribution in [0.3, 0.4) is 0 Å². The van der Waals surface area contributed by atoms with Crippen LogP contribution in [-0.4, -0.2) is 58.5 Å². The molecule has 0 saturated carbocycles. The topological polar surface area (TPSA) is 60.9 Å². The number of hydrogen-bond acceptors (Lipinski definition) is 3. The Hall–Kier alpha value is -1.10. The van der Waals surface area contributed by atoms with Gasteiger partial charge >= 0.3 is 5.97 Å². The molecule has 5 heteroatoms. The first-order chi connectivity index (χ1) is 9.73. The van der Waals surface area contributed by atoms with Gasteiger partial charge in [0.2, 0.25) is 5.91 Å². The van der Waals surface area contributed by atoms with Crippen LogP contribution in [0.25, 0.3) is 0 Å². The number of carbonyl (C=O) groups excluding carboxylic acids is 1. The van der Waals surface area contributed by atoms with Crippen molar-refractivity contribution in [1.82, 2.24) is 9.80 Å². The van der Waals surface area contributed by atoms with Crippen LogP contribution in [0.1, 0.15) is 53.9 Å². The van der Waals surface area contributed by atoms with Gasteiger partial charge in [-0.25, -0.2) is 0 Å². The van der Waals surface area contributed by atoms with Gasteiger partial charge in [-0.1, -0.05) is 6.92 Å². The number of amides is 1. The van der Waals surface area contributed by atoms with Gasteiger partial charge in [-0.3, -0.25) is 14.5 Å². The fourth-order valence-electron chi connectivity index (χ4n) is 3.42. The third-order valence-corrected chi connectivity index (χ3v) is 4.55. The normalized spacial score (nSPS) is 23.6. The maximum atomic E-state index is 12.5. The Bertz CT molecular complexity index is 374. The van der Waals surface area contributed by atoms with E-state index in [1.807, 2.05) is 44.4 Å². The van der Waals surface area contributed by atoms with Gasteiger partial charge in [0.25, 0.3) is 0 Å². The van der Waals surface area contributed by atoms with Crippen molar-refractivity contribution in [2.75, 3.05) is 19.6 Å². The largest absolute Gasteiger partial charge is 0.481 e. The molecule has 1 aliphatic rings. The van der Waals surface area contributed by atoms with Crippen molar-refractivity contribution in [3.8, 4) is 0 Å². The van der Waals surface area contributed by atoms with Crippen molar-refractivity contribution in [3.63, 3.8) is 0 Å². The van der Waals surface area contributed by atoms with E-state index >= 15 is 0 Å². The first-order valence-corrected chi connectivity index (χ1v) is 8.00. The lowest BCUT2D eigenvalue weighted by Gasteiger charge is -2.40. The van der Waals surface area contributed by atoms with Gasteiger partial charge in [0.15, 0.2) is 0 Å². The minimum absolute atomic E-state index is 0.0947. The number of carboxylic acids is 1. The Balaban J connectivity index is 2.74. The lowest BCUT2D eigenvalue weighted by molar-refractivity contribution is -0.154. The number of rotatable bonds is 6. The molecule has 5 nitrogen and oxygen atoms in total. The number of nitrogens with zero attached hydrogens (tertiary/aromatic N) is 2. The molecule has 1 rings (SSSR count). The van der Waals surface area contributed by atoms with Crippen molar-refractivity contribution in [1.29, 1.82) is 0 Å². The summed E-state index contributed by atoms with van der Waals surface area (Å²) < 4.78 is 0. The summed E-state index contributed by atoms with van der Waals surface area (Å²) in [5.41, 5.74) is -0.682. The first-order valence-electron chi connectivity index (χ1n) is 8.00. The molecule has 0 bridgehead atoms. The standard InChI is InChI=1S/C16H30N2O3/c1-6-16(15(20)21)8-7-9-17(11-16)10-14(19)18(12(2)3)13(4)5/h12-13H,6-11H2,1-5H3,(H,20,21). The summed E-state index contributed by atoms with van der Waals surface area (Å²) in [5.74, 6) is -0.635. The Labute approximate surface area is 128 Å². The molecule has 1 amide bonds. The van der Waals surface area contributed by atoms with Crippen LogP contribution in [0, 0.1) is 5.41 Å². The summed E-state index contributed by atoms with van der Waals surface area (Å²) in [7, 11) is 0. The van der Waals surface area contributed by atoms with Crippen LogP contribution in [0.4, 0.5) is 0 Å².